The third-order valence-corrected chi connectivity index (χ3v) is 3.26. The second-order valence-corrected chi connectivity index (χ2v) is 6.32. The molecular weight excluding hydrogens is 311 g/mol. The number of pyridine rings is 1. The fourth-order valence-corrected chi connectivity index (χ4v) is 2.24. The molecule has 0 saturated heterocycles. The van der Waals surface area contributed by atoms with Gasteiger partial charge in [-0.15, -0.1) is 0 Å². The molecule has 0 aliphatic heterocycles. The summed E-state index contributed by atoms with van der Waals surface area (Å²) in [7, 11) is 0. The highest BCUT2D eigenvalue weighted by Gasteiger charge is 2.17. The van der Waals surface area contributed by atoms with Gasteiger partial charge in [0.25, 0.3) is 0 Å². The Hall–Kier alpha value is -2.96. The van der Waals surface area contributed by atoms with E-state index in [2.05, 4.69) is 20.5 Å². The van der Waals surface area contributed by atoms with E-state index < -0.39 is 11.7 Å². The van der Waals surface area contributed by atoms with Gasteiger partial charge in [0.1, 0.15) is 17.2 Å². The molecule has 0 aliphatic carbocycles. The van der Waals surface area contributed by atoms with Crippen molar-refractivity contribution in [2.24, 2.45) is 0 Å². The Labute approximate surface area is 138 Å². The van der Waals surface area contributed by atoms with Crippen LogP contribution in [-0.4, -0.2) is 26.9 Å². The standard InChI is InChI=1S/C17H17FN4O2/c1-17(2,3)24-16(23)21-14-7-4-10(8-19-14)11-5-6-13-12(15(11)18)9-20-22-13/h4-9H,1-3H3,(H,20,22)(H,19,21,23). The van der Waals surface area contributed by atoms with Gasteiger partial charge in [0.2, 0.25) is 0 Å². The van der Waals surface area contributed by atoms with E-state index in [1.165, 1.54) is 12.4 Å². The van der Waals surface area contributed by atoms with Crippen molar-refractivity contribution in [2.45, 2.75) is 26.4 Å². The van der Waals surface area contributed by atoms with Gasteiger partial charge in [-0.3, -0.25) is 10.4 Å². The summed E-state index contributed by atoms with van der Waals surface area (Å²) < 4.78 is 19.7. The summed E-state index contributed by atoms with van der Waals surface area (Å²) in [6.07, 6.45) is 2.35. The number of H-pyrrole nitrogens is 1. The van der Waals surface area contributed by atoms with E-state index in [1.807, 2.05) is 0 Å². The maximum absolute atomic E-state index is 14.5. The zero-order valence-corrected chi connectivity index (χ0v) is 13.6. The van der Waals surface area contributed by atoms with Gasteiger partial charge in [-0.25, -0.2) is 14.2 Å². The third kappa shape index (κ3) is 3.34. The predicted octanol–water partition coefficient (Wildman–Crippen LogP) is 4.11. The highest BCUT2D eigenvalue weighted by Crippen LogP contribution is 2.28. The number of aromatic nitrogens is 3. The van der Waals surface area contributed by atoms with Gasteiger partial charge in [-0.05, 0) is 45.0 Å². The summed E-state index contributed by atoms with van der Waals surface area (Å²) in [5.41, 5.74) is 1.06. The van der Waals surface area contributed by atoms with Crippen LogP contribution in [0, 0.1) is 5.82 Å². The van der Waals surface area contributed by atoms with Crippen molar-refractivity contribution >= 4 is 22.8 Å². The van der Waals surface area contributed by atoms with Gasteiger partial charge in [-0.1, -0.05) is 0 Å². The molecule has 0 fully saturated rings. The van der Waals surface area contributed by atoms with Crippen molar-refractivity contribution in [3.05, 3.63) is 42.5 Å². The van der Waals surface area contributed by atoms with Crippen molar-refractivity contribution in [2.75, 3.05) is 5.32 Å². The molecule has 1 amide bonds. The molecule has 2 aromatic heterocycles. The van der Waals surface area contributed by atoms with Crippen LogP contribution in [-0.2, 0) is 4.74 Å². The molecule has 2 heterocycles. The molecule has 6 nitrogen and oxygen atoms in total. The number of benzene rings is 1. The largest absolute Gasteiger partial charge is 0.444 e. The van der Waals surface area contributed by atoms with E-state index >= 15 is 0 Å². The number of hydrogen-bond acceptors (Lipinski definition) is 4. The molecule has 124 valence electrons. The number of amides is 1. The smallest absolute Gasteiger partial charge is 0.413 e. The van der Waals surface area contributed by atoms with E-state index in [9.17, 15) is 9.18 Å². The Balaban J connectivity index is 1.81. The van der Waals surface area contributed by atoms with E-state index in [0.29, 0.717) is 27.8 Å². The number of carbonyl (C=O) groups excluding carboxylic acids is 1. The molecule has 0 spiro atoms. The average Bonchev–Trinajstić information content (AvgIpc) is 2.96. The van der Waals surface area contributed by atoms with Crippen LogP contribution in [0.25, 0.3) is 22.0 Å². The fourth-order valence-electron chi connectivity index (χ4n) is 2.24. The first-order chi connectivity index (χ1) is 11.3. The normalized spacial score (nSPS) is 11.5. The zero-order chi connectivity index (χ0) is 17.3. The first kappa shape index (κ1) is 15.9. The van der Waals surface area contributed by atoms with E-state index in [0.717, 1.165) is 0 Å². The lowest BCUT2D eigenvalue weighted by Crippen LogP contribution is -2.27. The summed E-state index contributed by atoms with van der Waals surface area (Å²) in [6.45, 7) is 5.33. The Bertz CT molecular complexity index is 882. The van der Waals surface area contributed by atoms with E-state index in [1.54, 1.807) is 45.0 Å². The van der Waals surface area contributed by atoms with Crippen LogP contribution in [0.4, 0.5) is 15.0 Å². The molecule has 24 heavy (non-hydrogen) atoms. The van der Waals surface area contributed by atoms with Gasteiger partial charge in [0.15, 0.2) is 0 Å². The quantitative estimate of drug-likeness (QED) is 0.742. The molecule has 7 heteroatoms. The Morgan fingerprint density at radius 1 is 1.21 bits per heavy atom. The summed E-state index contributed by atoms with van der Waals surface area (Å²) in [4.78, 5) is 15.8. The molecule has 0 saturated carbocycles. The first-order valence-corrected chi connectivity index (χ1v) is 7.41. The highest BCUT2D eigenvalue weighted by molar-refractivity contribution is 5.86. The number of aromatic amines is 1. The minimum atomic E-state index is -0.590. The third-order valence-electron chi connectivity index (χ3n) is 3.26. The number of halogens is 1. The lowest BCUT2D eigenvalue weighted by atomic mass is 10.1. The van der Waals surface area contributed by atoms with E-state index in [-0.39, 0.29) is 5.82 Å². The molecule has 0 radical (unpaired) electrons. The minimum Gasteiger partial charge on any atom is -0.444 e. The molecule has 0 aliphatic rings. The minimum absolute atomic E-state index is 0.331. The second kappa shape index (κ2) is 5.92. The number of carbonyl (C=O) groups is 1. The molecule has 3 rings (SSSR count). The maximum atomic E-state index is 14.5. The van der Waals surface area contributed by atoms with Crippen LogP contribution in [0.2, 0.25) is 0 Å². The molecule has 0 atom stereocenters. The van der Waals surface area contributed by atoms with Gasteiger partial charge in [-0.2, -0.15) is 5.10 Å². The van der Waals surface area contributed by atoms with Crippen molar-refractivity contribution in [3.8, 4) is 11.1 Å². The van der Waals surface area contributed by atoms with Crippen molar-refractivity contribution in [1.82, 2.24) is 15.2 Å². The number of rotatable bonds is 2. The number of nitrogens with zero attached hydrogens (tertiary/aromatic N) is 2. The molecule has 0 unspecified atom stereocenters. The van der Waals surface area contributed by atoms with Gasteiger partial charge in [0.05, 0.1) is 17.1 Å². The first-order valence-electron chi connectivity index (χ1n) is 7.41. The van der Waals surface area contributed by atoms with Crippen LogP contribution in [0.15, 0.2) is 36.7 Å². The zero-order valence-electron chi connectivity index (χ0n) is 13.6. The van der Waals surface area contributed by atoms with Gasteiger partial charge in [0, 0.05) is 17.3 Å². The van der Waals surface area contributed by atoms with Crippen LogP contribution in [0.5, 0.6) is 0 Å². The SMILES string of the molecule is CC(C)(C)OC(=O)Nc1ccc(-c2ccc3[nH]ncc3c2F)cn1. The monoisotopic (exact) mass is 328 g/mol. The highest BCUT2D eigenvalue weighted by atomic mass is 19.1. The predicted molar refractivity (Wildman–Crippen MR) is 89.1 cm³/mol. The number of nitrogens with one attached hydrogen (secondary N) is 2. The Morgan fingerprint density at radius 2 is 2.00 bits per heavy atom. The van der Waals surface area contributed by atoms with Crippen LogP contribution in [0.3, 0.4) is 0 Å². The van der Waals surface area contributed by atoms with Crippen molar-refractivity contribution < 1.29 is 13.9 Å². The summed E-state index contributed by atoms with van der Waals surface area (Å²) in [6, 6.07) is 6.70. The summed E-state index contributed by atoms with van der Waals surface area (Å²) in [5, 5.41) is 9.51. The van der Waals surface area contributed by atoms with Crippen LogP contribution in [0.1, 0.15) is 20.8 Å². The molecule has 0 bridgehead atoms. The Kier molecular flexibility index (Phi) is 3.92. The number of hydrogen-bond donors (Lipinski definition) is 2. The number of fused-ring (bicyclic) bond motifs is 1. The molecule has 3 aromatic rings. The lowest BCUT2D eigenvalue weighted by molar-refractivity contribution is 0.0635. The van der Waals surface area contributed by atoms with E-state index in [4.69, 9.17) is 4.74 Å². The van der Waals surface area contributed by atoms with Crippen molar-refractivity contribution in [3.63, 3.8) is 0 Å². The van der Waals surface area contributed by atoms with Crippen LogP contribution < -0.4 is 5.32 Å². The second-order valence-electron chi connectivity index (χ2n) is 6.32. The van der Waals surface area contributed by atoms with Crippen molar-refractivity contribution in [1.29, 1.82) is 0 Å². The Morgan fingerprint density at radius 3 is 2.67 bits per heavy atom. The van der Waals surface area contributed by atoms with Crippen LogP contribution >= 0.6 is 0 Å². The molecule has 2 N–H and O–H groups in total. The summed E-state index contributed by atoms with van der Waals surface area (Å²) >= 11 is 0. The maximum Gasteiger partial charge on any atom is 0.413 e. The van der Waals surface area contributed by atoms with Gasteiger partial charge < -0.3 is 4.74 Å². The lowest BCUT2D eigenvalue weighted by Gasteiger charge is -2.19. The molecular formula is C17H17FN4O2. The van der Waals surface area contributed by atoms with Gasteiger partial charge >= 0.3 is 6.09 Å². The fraction of sp³-hybridized carbons (Fsp3) is 0.235. The molecule has 1 aromatic carbocycles. The number of anilines is 1. The summed E-state index contributed by atoms with van der Waals surface area (Å²) in [5.74, 6) is -0.0336. The number of ether oxygens (including phenoxy) is 1. The average molecular weight is 328 g/mol. The topological polar surface area (TPSA) is 79.9 Å².